The topological polar surface area (TPSA) is 68.3 Å². The summed E-state index contributed by atoms with van der Waals surface area (Å²) in [6, 6.07) is 16.7. The number of rotatable bonds is 6. The lowest BCUT2D eigenvalue weighted by Crippen LogP contribution is -2.25. The number of hydrogen-bond donors (Lipinski definition) is 1. The first-order chi connectivity index (χ1) is 12.7. The van der Waals surface area contributed by atoms with Gasteiger partial charge in [-0.25, -0.2) is 9.78 Å². The molecule has 1 amide bonds. The fraction of sp³-hybridized carbons (Fsp3) is 0.150. The van der Waals surface area contributed by atoms with Gasteiger partial charge in [0.05, 0.1) is 35.5 Å². The summed E-state index contributed by atoms with van der Waals surface area (Å²) in [4.78, 5) is 28.7. The van der Waals surface area contributed by atoms with Crippen molar-refractivity contribution >= 4 is 23.2 Å². The maximum Gasteiger partial charge on any atom is 0.338 e. The molecule has 1 heterocycles. The number of esters is 1. The molecule has 2 aromatic carbocycles. The van der Waals surface area contributed by atoms with Gasteiger partial charge < -0.3 is 10.1 Å². The minimum absolute atomic E-state index is 0.246. The first-order valence-corrected chi connectivity index (χ1v) is 8.98. The highest BCUT2D eigenvalue weighted by molar-refractivity contribution is 7.09. The fourth-order valence-corrected chi connectivity index (χ4v) is 3.34. The lowest BCUT2D eigenvalue weighted by Gasteiger charge is -2.07. The Bertz CT molecular complexity index is 906. The summed E-state index contributed by atoms with van der Waals surface area (Å²) in [6.45, 7) is 0.305. The van der Waals surface area contributed by atoms with E-state index in [0.29, 0.717) is 12.1 Å². The molecule has 1 aromatic heterocycles. The number of nitrogens with zero attached hydrogens (tertiary/aromatic N) is 1. The van der Waals surface area contributed by atoms with Crippen molar-refractivity contribution in [1.29, 1.82) is 0 Å². The average molecular weight is 366 g/mol. The SMILES string of the molecule is COC(=O)c1ccccc1C(=O)NCc1csc(Cc2ccccc2)n1. The van der Waals surface area contributed by atoms with E-state index in [4.69, 9.17) is 4.74 Å². The number of benzene rings is 2. The van der Waals surface area contributed by atoms with Crippen molar-refractivity contribution in [1.82, 2.24) is 10.3 Å². The number of methoxy groups -OCH3 is 1. The Kier molecular flexibility index (Phi) is 5.76. The summed E-state index contributed by atoms with van der Waals surface area (Å²) in [7, 11) is 1.29. The Balaban J connectivity index is 1.63. The smallest absolute Gasteiger partial charge is 0.338 e. The van der Waals surface area contributed by atoms with Crippen LogP contribution in [0.15, 0.2) is 60.0 Å². The zero-order chi connectivity index (χ0) is 18.4. The summed E-state index contributed by atoms with van der Waals surface area (Å²) in [6.07, 6.45) is 0.768. The largest absolute Gasteiger partial charge is 0.465 e. The van der Waals surface area contributed by atoms with E-state index in [2.05, 4.69) is 22.4 Å². The van der Waals surface area contributed by atoms with Gasteiger partial charge >= 0.3 is 5.97 Å². The van der Waals surface area contributed by atoms with Crippen LogP contribution in [-0.4, -0.2) is 24.0 Å². The highest BCUT2D eigenvalue weighted by Crippen LogP contribution is 2.15. The molecule has 132 valence electrons. The number of carbonyl (C=O) groups is 2. The minimum Gasteiger partial charge on any atom is -0.465 e. The Labute approximate surface area is 155 Å². The predicted octanol–water partition coefficient (Wildman–Crippen LogP) is 3.45. The van der Waals surface area contributed by atoms with Gasteiger partial charge in [0, 0.05) is 11.8 Å². The molecule has 3 aromatic rings. The lowest BCUT2D eigenvalue weighted by atomic mass is 10.1. The van der Waals surface area contributed by atoms with E-state index in [9.17, 15) is 9.59 Å². The molecule has 0 unspecified atom stereocenters. The van der Waals surface area contributed by atoms with E-state index in [1.165, 1.54) is 12.7 Å². The molecule has 0 aliphatic carbocycles. The van der Waals surface area contributed by atoms with Crippen molar-refractivity contribution in [3.05, 3.63) is 87.4 Å². The molecule has 3 rings (SSSR count). The van der Waals surface area contributed by atoms with Gasteiger partial charge in [0.1, 0.15) is 0 Å². The molecule has 0 saturated heterocycles. The molecule has 0 fully saturated rings. The summed E-state index contributed by atoms with van der Waals surface area (Å²) >= 11 is 1.57. The molecule has 0 saturated carbocycles. The van der Waals surface area contributed by atoms with Gasteiger partial charge in [0.2, 0.25) is 0 Å². The molecule has 0 atom stereocenters. The number of carbonyl (C=O) groups excluding carboxylic acids is 2. The highest BCUT2D eigenvalue weighted by atomic mass is 32.1. The van der Waals surface area contributed by atoms with E-state index >= 15 is 0 Å². The van der Waals surface area contributed by atoms with E-state index < -0.39 is 5.97 Å². The Hall–Kier alpha value is -2.99. The molecule has 6 heteroatoms. The van der Waals surface area contributed by atoms with Crippen LogP contribution in [0.25, 0.3) is 0 Å². The Morgan fingerprint density at radius 1 is 1.04 bits per heavy atom. The molecular formula is C20H18N2O3S. The van der Waals surface area contributed by atoms with Crippen LogP contribution in [0, 0.1) is 0 Å². The van der Waals surface area contributed by atoms with Gasteiger partial charge in [-0.3, -0.25) is 4.79 Å². The van der Waals surface area contributed by atoms with Gasteiger partial charge in [-0.15, -0.1) is 11.3 Å². The third kappa shape index (κ3) is 4.34. The first-order valence-electron chi connectivity index (χ1n) is 8.10. The number of thiazole rings is 1. The van der Waals surface area contributed by atoms with Crippen molar-refractivity contribution in [2.24, 2.45) is 0 Å². The normalized spacial score (nSPS) is 10.3. The molecule has 26 heavy (non-hydrogen) atoms. The second kappa shape index (κ2) is 8.40. The van der Waals surface area contributed by atoms with E-state index in [-0.39, 0.29) is 11.5 Å². The van der Waals surface area contributed by atoms with Gasteiger partial charge in [0.25, 0.3) is 5.91 Å². The van der Waals surface area contributed by atoms with Crippen LogP contribution in [-0.2, 0) is 17.7 Å². The standard InChI is InChI=1S/C20H18N2O3S/c1-25-20(24)17-10-6-5-9-16(17)19(23)21-12-15-13-26-18(22-15)11-14-7-3-2-4-8-14/h2-10,13H,11-12H2,1H3,(H,21,23). The van der Waals surface area contributed by atoms with Gasteiger partial charge in [-0.05, 0) is 17.7 Å². The van der Waals surface area contributed by atoms with Gasteiger partial charge in [-0.1, -0.05) is 42.5 Å². The predicted molar refractivity (Wildman–Crippen MR) is 100 cm³/mol. The zero-order valence-electron chi connectivity index (χ0n) is 14.3. The highest BCUT2D eigenvalue weighted by Gasteiger charge is 2.17. The van der Waals surface area contributed by atoms with Crippen LogP contribution >= 0.6 is 11.3 Å². The van der Waals surface area contributed by atoms with Crippen molar-refractivity contribution in [2.45, 2.75) is 13.0 Å². The summed E-state index contributed by atoms with van der Waals surface area (Å²) < 4.78 is 4.72. The maximum absolute atomic E-state index is 12.4. The fourth-order valence-electron chi connectivity index (χ4n) is 2.52. The van der Waals surface area contributed by atoms with Crippen molar-refractivity contribution in [3.63, 3.8) is 0 Å². The first kappa shape index (κ1) is 17.8. The lowest BCUT2D eigenvalue weighted by molar-refractivity contribution is 0.0596. The molecule has 0 bridgehead atoms. The van der Waals surface area contributed by atoms with E-state index in [0.717, 1.165) is 17.1 Å². The Morgan fingerprint density at radius 2 is 1.73 bits per heavy atom. The molecular weight excluding hydrogens is 348 g/mol. The third-order valence-electron chi connectivity index (χ3n) is 3.80. The second-order valence-electron chi connectivity index (χ2n) is 5.61. The quantitative estimate of drug-likeness (QED) is 0.679. The Morgan fingerprint density at radius 3 is 2.46 bits per heavy atom. The van der Waals surface area contributed by atoms with Crippen LogP contribution < -0.4 is 5.32 Å². The van der Waals surface area contributed by atoms with E-state index in [1.807, 2.05) is 23.6 Å². The van der Waals surface area contributed by atoms with Crippen LogP contribution in [0.4, 0.5) is 0 Å². The van der Waals surface area contributed by atoms with Gasteiger partial charge in [0.15, 0.2) is 0 Å². The summed E-state index contributed by atoms with van der Waals surface area (Å²) in [5.74, 6) is -0.863. The third-order valence-corrected chi connectivity index (χ3v) is 4.70. The van der Waals surface area contributed by atoms with E-state index in [1.54, 1.807) is 35.6 Å². The average Bonchev–Trinajstić information content (AvgIpc) is 3.13. The maximum atomic E-state index is 12.4. The molecule has 5 nitrogen and oxygen atoms in total. The molecule has 1 N–H and O–H groups in total. The summed E-state index contributed by atoms with van der Waals surface area (Å²) in [5, 5.41) is 5.74. The molecule has 0 aliphatic rings. The minimum atomic E-state index is -0.533. The molecule has 0 radical (unpaired) electrons. The van der Waals surface area contributed by atoms with Crippen LogP contribution in [0.1, 0.15) is 37.0 Å². The monoisotopic (exact) mass is 366 g/mol. The van der Waals surface area contributed by atoms with Crippen molar-refractivity contribution in [3.8, 4) is 0 Å². The van der Waals surface area contributed by atoms with Crippen LogP contribution in [0.3, 0.4) is 0 Å². The number of amides is 1. The molecule has 0 aliphatic heterocycles. The van der Waals surface area contributed by atoms with Crippen molar-refractivity contribution in [2.75, 3.05) is 7.11 Å². The second-order valence-corrected chi connectivity index (χ2v) is 6.56. The van der Waals surface area contributed by atoms with Crippen molar-refractivity contribution < 1.29 is 14.3 Å². The van der Waals surface area contributed by atoms with Gasteiger partial charge in [-0.2, -0.15) is 0 Å². The number of hydrogen-bond acceptors (Lipinski definition) is 5. The molecule has 0 spiro atoms. The number of nitrogens with one attached hydrogen (secondary N) is 1. The van der Waals surface area contributed by atoms with Crippen LogP contribution in [0.5, 0.6) is 0 Å². The summed E-state index contributed by atoms with van der Waals surface area (Å²) in [5.41, 5.74) is 2.53. The number of aromatic nitrogens is 1. The van der Waals surface area contributed by atoms with Crippen LogP contribution in [0.2, 0.25) is 0 Å². The number of ether oxygens (including phenoxy) is 1. The zero-order valence-corrected chi connectivity index (χ0v) is 15.1.